The molecule has 0 bridgehead atoms. The van der Waals surface area contributed by atoms with E-state index in [1.54, 1.807) is 4.68 Å². The molecule has 2 rings (SSSR count). The van der Waals surface area contributed by atoms with Crippen molar-refractivity contribution in [2.75, 3.05) is 13.1 Å². The van der Waals surface area contributed by atoms with Crippen LogP contribution in [0.5, 0.6) is 0 Å². The smallest absolute Gasteiger partial charge is 0.166 e. The molecule has 138 valence electrons. The van der Waals surface area contributed by atoms with E-state index in [0.29, 0.717) is 21.8 Å². The van der Waals surface area contributed by atoms with Gasteiger partial charge in [-0.2, -0.15) is 10.2 Å². The largest absolute Gasteiger partial charge is 0.363 e. The third-order valence-corrected chi connectivity index (χ3v) is 4.99. The van der Waals surface area contributed by atoms with Gasteiger partial charge in [0, 0.05) is 31.9 Å². The molecule has 25 heavy (non-hydrogen) atoms. The van der Waals surface area contributed by atoms with Crippen molar-refractivity contribution < 1.29 is 0 Å². The lowest BCUT2D eigenvalue weighted by atomic mass is 10.4. The number of aryl methyl sites for hydroxylation is 5. The normalized spacial score (nSPS) is 10.9. The van der Waals surface area contributed by atoms with Crippen molar-refractivity contribution in [3.8, 4) is 0 Å². The average Bonchev–Trinajstić information content (AvgIpc) is 3.01. The van der Waals surface area contributed by atoms with E-state index in [4.69, 9.17) is 35.4 Å². The maximum atomic E-state index is 6.11. The van der Waals surface area contributed by atoms with Gasteiger partial charge in [0.15, 0.2) is 5.11 Å². The van der Waals surface area contributed by atoms with Gasteiger partial charge in [-0.05, 0) is 51.9 Å². The van der Waals surface area contributed by atoms with Crippen LogP contribution in [0, 0.1) is 20.8 Å². The van der Waals surface area contributed by atoms with Crippen LogP contribution in [0.4, 0.5) is 0 Å². The van der Waals surface area contributed by atoms with Crippen molar-refractivity contribution in [2.24, 2.45) is 0 Å². The Morgan fingerprint density at radius 2 is 1.64 bits per heavy atom. The summed E-state index contributed by atoms with van der Waals surface area (Å²) in [5.41, 5.74) is 2.99. The molecule has 0 aromatic carbocycles. The monoisotopic (exact) mass is 402 g/mol. The highest BCUT2D eigenvalue weighted by atomic mass is 35.5. The summed E-state index contributed by atoms with van der Waals surface area (Å²) < 4.78 is 3.74. The first-order valence-corrected chi connectivity index (χ1v) is 9.46. The first kappa shape index (κ1) is 20.0. The van der Waals surface area contributed by atoms with Crippen LogP contribution in [-0.4, -0.2) is 37.8 Å². The van der Waals surface area contributed by atoms with E-state index in [0.717, 1.165) is 43.9 Å². The molecule has 0 amide bonds. The first-order valence-electron chi connectivity index (χ1n) is 8.29. The zero-order chi connectivity index (χ0) is 18.4. The number of halogens is 2. The lowest BCUT2D eigenvalue weighted by molar-refractivity contribution is 0.552. The highest BCUT2D eigenvalue weighted by molar-refractivity contribution is 7.80. The van der Waals surface area contributed by atoms with E-state index in [1.165, 1.54) is 5.69 Å². The van der Waals surface area contributed by atoms with Gasteiger partial charge in [-0.25, -0.2) is 0 Å². The van der Waals surface area contributed by atoms with Gasteiger partial charge in [0.2, 0.25) is 0 Å². The van der Waals surface area contributed by atoms with Crippen molar-refractivity contribution in [2.45, 2.75) is 46.7 Å². The predicted molar refractivity (Wildman–Crippen MR) is 107 cm³/mol. The molecule has 0 spiro atoms. The van der Waals surface area contributed by atoms with Crippen LogP contribution in [0.15, 0.2) is 6.07 Å². The molecule has 2 aromatic rings. The fourth-order valence-corrected chi connectivity index (χ4v) is 3.10. The van der Waals surface area contributed by atoms with Gasteiger partial charge in [0.05, 0.1) is 11.4 Å². The molecular formula is C16H24Cl2N6S. The average molecular weight is 403 g/mol. The zero-order valence-electron chi connectivity index (χ0n) is 14.8. The Hall–Kier alpha value is -1.31. The number of aromatic nitrogens is 4. The molecule has 2 aromatic heterocycles. The van der Waals surface area contributed by atoms with E-state index in [1.807, 2.05) is 18.5 Å². The number of hydrogen-bond acceptors (Lipinski definition) is 3. The Labute approximate surface area is 163 Å². The summed E-state index contributed by atoms with van der Waals surface area (Å²) in [6.45, 7) is 9.05. The summed E-state index contributed by atoms with van der Waals surface area (Å²) in [4.78, 5) is 0. The standard InChI is InChI=1S/C16H24Cl2N6S/c1-11-10-12(2)23(21-11)8-4-6-19-16(25)20-7-5-9-24-15(18)14(17)13(3)22-24/h10H,4-9H2,1-3H3,(H2,19,20,25). The molecule has 0 saturated heterocycles. The fourth-order valence-electron chi connectivity index (χ4n) is 2.50. The van der Waals surface area contributed by atoms with Crippen LogP contribution in [0.1, 0.15) is 29.9 Å². The highest BCUT2D eigenvalue weighted by Crippen LogP contribution is 2.24. The number of rotatable bonds is 8. The lowest BCUT2D eigenvalue weighted by Crippen LogP contribution is -2.36. The quantitative estimate of drug-likeness (QED) is 0.524. The minimum Gasteiger partial charge on any atom is -0.363 e. The van der Waals surface area contributed by atoms with Crippen molar-refractivity contribution in [1.29, 1.82) is 0 Å². The minimum absolute atomic E-state index is 0.490. The third kappa shape index (κ3) is 5.87. The van der Waals surface area contributed by atoms with E-state index >= 15 is 0 Å². The number of nitrogens with zero attached hydrogens (tertiary/aromatic N) is 4. The Bertz CT molecular complexity index is 725. The van der Waals surface area contributed by atoms with E-state index < -0.39 is 0 Å². The van der Waals surface area contributed by atoms with Crippen LogP contribution < -0.4 is 10.6 Å². The van der Waals surface area contributed by atoms with Crippen molar-refractivity contribution in [3.05, 3.63) is 33.3 Å². The van der Waals surface area contributed by atoms with Crippen molar-refractivity contribution in [3.63, 3.8) is 0 Å². The zero-order valence-corrected chi connectivity index (χ0v) is 17.1. The van der Waals surface area contributed by atoms with Gasteiger partial charge in [0.25, 0.3) is 0 Å². The Morgan fingerprint density at radius 1 is 1.04 bits per heavy atom. The molecule has 2 N–H and O–H groups in total. The third-order valence-electron chi connectivity index (χ3n) is 3.76. The molecule has 0 atom stereocenters. The van der Waals surface area contributed by atoms with Gasteiger partial charge >= 0.3 is 0 Å². The predicted octanol–water partition coefficient (Wildman–Crippen LogP) is 3.26. The molecule has 0 aliphatic carbocycles. The van der Waals surface area contributed by atoms with Gasteiger partial charge in [-0.1, -0.05) is 23.2 Å². The molecule has 9 heteroatoms. The molecular weight excluding hydrogens is 379 g/mol. The number of thiocarbonyl (C=S) groups is 1. The second-order valence-corrected chi connectivity index (χ2v) is 7.10. The molecule has 0 radical (unpaired) electrons. The second-order valence-electron chi connectivity index (χ2n) is 5.95. The second kappa shape index (κ2) is 9.40. The van der Waals surface area contributed by atoms with Crippen LogP contribution in [-0.2, 0) is 13.1 Å². The van der Waals surface area contributed by atoms with E-state index in [2.05, 4.69) is 33.8 Å². The van der Waals surface area contributed by atoms with Gasteiger partial charge in [-0.3, -0.25) is 9.36 Å². The Kier molecular flexibility index (Phi) is 7.53. The molecule has 6 nitrogen and oxygen atoms in total. The molecule has 0 saturated carbocycles. The SMILES string of the molecule is Cc1cc(C)n(CCCNC(=S)NCCCn2nc(C)c(Cl)c2Cl)n1. The molecule has 0 fully saturated rings. The van der Waals surface area contributed by atoms with Crippen LogP contribution in [0.2, 0.25) is 10.2 Å². The van der Waals surface area contributed by atoms with Crippen LogP contribution in [0.25, 0.3) is 0 Å². The van der Waals surface area contributed by atoms with Crippen LogP contribution in [0.3, 0.4) is 0 Å². The van der Waals surface area contributed by atoms with Gasteiger partial charge < -0.3 is 10.6 Å². The summed E-state index contributed by atoms with van der Waals surface area (Å²) in [6.07, 6.45) is 1.81. The van der Waals surface area contributed by atoms with E-state index in [9.17, 15) is 0 Å². The molecule has 0 aliphatic rings. The van der Waals surface area contributed by atoms with Crippen LogP contribution >= 0.6 is 35.4 Å². The van der Waals surface area contributed by atoms with Gasteiger partial charge in [-0.15, -0.1) is 0 Å². The minimum atomic E-state index is 0.490. The summed E-state index contributed by atoms with van der Waals surface area (Å²) in [7, 11) is 0. The molecule has 0 aliphatic heterocycles. The van der Waals surface area contributed by atoms with E-state index in [-0.39, 0.29) is 0 Å². The topological polar surface area (TPSA) is 59.7 Å². The summed E-state index contributed by atoms with van der Waals surface area (Å²) in [6, 6.07) is 2.08. The Balaban J connectivity index is 1.58. The molecule has 2 heterocycles. The summed E-state index contributed by atoms with van der Waals surface area (Å²) in [5.74, 6) is 0. The number of nitrogens with one attached hydrogen (secondary N) is 2. The van der Waals surface area contributed by atoms with Crippen molar-refractivity contribution >= 4 is 40.5 Å². The first-order chi connectivity index (χ1) is 11.9. The fraction of sp³-hybridized carbons (Fsp3) is 0.562. The maximum Gasteiger partial charge on any atom is 0.166 e. The summed E-state index contributed by atoms with van der Waals surface area (Å²) in [5, 5.41) is 16.8. The maximum absolute atomic E-state index is 6.11. The lowest BCUT2D eigenvalue weighted by Gasteiger charge is -2.11. The van der Waals surface area contributed by atoms with Crippen molar-refractivity contribution in [1.82, 2.24) is 30.2 Å². The highest BCUT2D eigenvalue weighted by Gasteiger charge is 2.10. The molecule has 0 unspecified atom stereocenters. The Morgan fingerprint density at radius 3 is 2.12 bits per heavy atom. The number of hydrogen-bond donors (Lipinski definition) is 2. The summed E-state index contributed by atoms with van der Waals surface area (Å²) >= 11 is 17.4. The van der Waals surface area contributed by atoms with Gasteiger partial charge in [0.1, 0.15) is 10.2 Å².